The van der Waals surface area contributed by atoms with E-state index in [1.807, 2.05) is 42.5 Å². The highest BCUT2D eigenvalue weighted by Crippen LogP contribution is 2.52. The molecule has 0 fully saturated rings. The largest absolute Gasteiger partial charge is 0.208 e. The van der Waals surface area contributed by atoms with Crippen molar-refractivity contribution in [2.75, 3.05) is 0 Å². The van der Waals surface area contributed by atoms with E-state index in [0.29, 0.717) is 23.0 Å². The van der Waals surface area contributed by atoms with Gasteiger partial charge in [0.1, 0.15) is 0 Å². The summed E-state index contributed by atoms with van der Waals surface area (Å²) < 4.78 is 0. The van der Waals surface area contributed by atoms with Crippen LogP contribution >= 0.6 is 0 Å². The van der Waals surface area contributed by atoms with Gasteiger partial charge in [0.25, 0.3) is 0 Å². The van der Waals surface area contributed by atoms with Crippen molar-refractivity contribution in [1.82, 2.24) is 15.0 Å². The van der Waals surface area contributed by atoms with Gasteiger partial charge in [-0.3, -0.25) is 0 Å². The molecule has 0 N–H and O–H groups in total. The number of aromatic nitrogens is 3. The Morgan fingerprint density at radius 1 is 0.257 bits per heavy atom. The number of hydrogen-bond donors (Lipinski definition) is 0. The lowest BCUT2D eigenvalue weighted by atomic mass is 9.85. The van der Waals surface area contributed by atoms with Crippen LogP contribution in [-0.2, 0) is 0 Å². The fraction of sp³-hybridized carbons (Fsp3) is 0. The second kappa shape index (κ2) is 16.9. The standard InChI is InChI=1S/C66H40N4/c67-41-42-29-36-54(61(37-42)56-24-7-6-23-55(56)57-26-12-27-59-58-25-10-17-45-18-11-28-60(62(45)58)63(57)59)52-21-8-19-49(39-52)50-20-9-22-53(40-50)66-69-64(46-14-2-1-3-15-46)68-65(70-66)47-33-30-44(31-34-47)51-35-32-43-13-4-5-16-48(43)38-51/h1-40H. The van der Waals surface area contributed by atoms with Gasteiger partial charge in [0.05, 0.1) is 11.6 Å². The van der Waals surface area contributed by atoms with Crippen molar-refractivity contribution in [2.24, 2.45) is 0 Å². The Kier molecular flexibility index (Phi) is 9.85. The summed E-state index contributed by atoms with van der Waals surface area (Å²) in [5.74, 6) is 1.82. The minimum absolute atomic E-state index is 0.596. The molecule has 0 amide bonds. The van der Waals surface area contributed by atoms with Crippen molar-refractivity contribution in [3.8, 4) is 118 Å². The van der Waals surface area contributed by atoms with Crippen LogP contribution in [0, 0.1) is 11.3 Å². The Hall–Kier alpha value is -9.56. The van der Waals surface area contributed by atoms with Gasteiger partial charge in [-0.2, -0.15) is 5.26 Å². The first kappa shape index (κ1) is 40.7. The van der Waals surface area contributed by atoms with Gasteiger partial charge in [-0.15, -0.1) is 0 Å². The molecular formula is C66H40N4. The molecule has 324 valence electrons. The van der Waals surface area contributed by atoms with Crippen LogP contribution in [-0.4, -0.2) is 15.0 Å². The summed E-state index contributed by atoms with van der Waals surface area (Å²) in [6.07, 6.45) is 0. The van der Waals surface area contributed by atoms with Gasteiger partial charge in [0.2, 0.25) is 0 Å². The van der Waals surface area contributed by atoms with Gasteiger partial charge in [0, 0.05) is 16.7 Å². The molecule has 0 radical (unpaired) electrons. The van der Waals surface area contributed by atoms with E-state index in [9.17, 15) is 5.26 Å². The summed E-state index contributed by atoms with van der Waals surface area (Å²) in [6.45, 7) is 0. The zero-order valence-electron chi connectivity index (χ0n) is 37.9. The molecule has 70 heavy (non-hydrogen) atoms. The van der Waals surface area contributed by atoms with Crippen LogP contribution in [0.25, 0.3) is 134 Å². The zero-order valence-corrected chi connectivity index (χ0v) is 37.9. The summed E-state index contributed by atoms with van der Waals surface area (Å²) in [4.78, 5) is 15.2. The number of hydrogen-bond acceptors (Lipinski definition) is 4. The van der Waals surface area contributed by atoms with E-state index in [0.717, 1.165) is 66.8 Å². The normalized spacial score (nSPS) is 11.4. The molecule has 0 saturated carbocycles. The number of benzene rings is 11. The molecule has 12 aromatic rings. The van der Waals surface area contributed by atoms with Gasteiger partial charge < -0.3 is 0 Å². The van der Waals surface area contributed by atoms with E-state index in [1.165, 1.54) is 49.4 Å². The molecule has 1 heterocycles. The summed E-state index contributed by atoms with van der Waals surface area (Å²) in [7, 11) is 0. The molecule has 0 saturated heterocycles. The molecule has 11 aromatic carbocycles. The summed E-state index contributed by atoms with van der Waals surface area (Å²) >= 11 is 0. The van der Waals surface area contributed by atoms with Crippen molar-refractivity contribution < 1.29 is 0 Å². The lowest BCUT2D eigenvalue weighted by Crippen LogP contribution is -2.00. The number of rotatable bonds is 8. The van der Waals surface area contributed by atoms with E-state index in [2.05, 4.69) is 206 Å². The van der Waals surface area contributed by atoms with Crippen LogP contribution in [0.4, 0.5) is 0 Å². The van der Waals surface area contributed by atoms with Gasteiger partial charge in [-0.25, -0.2) is 15.0 Å². The maximum atomic E-state index is 10.3. The molecule has 0 atom stereocenters. The minimum Gasteiger partial charge on any atom is -0.208 e. The van der Waals surface area contributed by atoms with Crippen molar-refractivity contribution in [1.29, 1.82) is 5.26 Å². The second-order valence-corrected chi connectivity index (χ2v) is 17.8. The van der Waals surface area contributed by atoms with Crippen LogP contribution in [0.5, 0.6) is 0 Å². The van der Waals surface area contributed by atoms with E-state index < -0.39 is 0 Å². The predicted octanol–water partition coefficient (Wildman–Crippen LogP) is 17.0. The Bertz CT molecular complexity index is 4070. The second-order valence-electron chi connectivity index (χ2n) is 17.8. The molecule has 1 aliphatic rings. The highest BCUT2D eigenvalue weighted by Gasteiger charge is 2.26. The number of nitriles is 1. The molecular weight excluding hydrogens is 849 g/mol. The minimum atomic E-state index is 0.596. The molecule has 0 spiro atoms. The molecule has 0 bridgehead atoms. The fourth-order valence-electron chi connectivity index (χ4n) is 10.3. The lowest BCUT2D eigenvalue weighted by Gasteiger charge is -2.18. The summed E-state index contributed by atoms with van der Waals surface area (Å²) in [5, 5.41) is 15.2. The van der Waals surface area contributed by atoms with Crippen LogP contribution < -0.4 is 0 Å². The predicted molar refractivity (Wildman–Crippen MR) is 287 cm³/mol. The van der Waals surface area contributed by atoms with Crippen LogP contribution in [0.1, 0.15) is 5.56 Å². The Labute approximate surface area is 406 Å². The third kappa shape index (κ3) is 7.13. The topological polar surface area (TPSA) is 62.5 Å². The third-order valence-electron chi connectivity index (χ3n) is 13.7. The summed E-state index contributed by atoms with van der Waals surface area (Å²) in [6, 6.07) is 87.7. The van der Waals surface area contributed by atoms with Gasteiger partial charge in [-0.05, 0) is 130 Å². The van der Waals surface area contributed by atoms with Crippen molar-refractivity contribution in [2.45, 2.75) is 0 Å². The van der Waals surface area contributed by atoms with E-state index in [-0.39, 0.29) is 0 Å². The first-order valence-electron chi connectivity index (χ1n) is 23.6. The number of fused-ring (bicyclic) bond motifs is 4. The van der Waals surface area contributed by atoms with Crippen molar-refractivity contribution in [3.05, 3.63) is 248 Å². The first-order chi connectivity index (χ1) is 34.6. The summed E-state index contributed by atoms with van der Waals surface area (Å²) in [5.41, 5.74) is 19.2. The van der Waals surface area contributed by atoms with Gasteiger partial charge >= 0.3 is 0 Å². The van der Waals surface area contributed by atoms with Crippen LogP contribution in [0.2, 0.25) is 0 Å². The Morgan fingerprint density at radius 2 is 0.729 bits per heavy atom. The lowest BCUT2D eigenvalue weighted by molar-refractivity contribution is 1.07. The van der Waals surface area contributed by atoms with Crippen LogP contribution in [0.15, 0.2) is 243 Å². The average Bonchev–Trinajstić information content (AvgIpc) is 3.78. The van der Waals surface area contributed by atoms with Crippen molar-refractivity contribution in [3.63, 3.8) is 0 Å². The SMILES string of the molecule is N#Cc1ccc(-c2cccc(-c3cccc(-c4nc(-c5ccccc5)nc(-c5ccc(-c6ccc7ccccc7c6)cc5)n4)c3)c2)c(-c2ccccc2-c2cccc3c2-c2cccc4cccc-3c24)c1. The van der Waals surface area contributed by atoms with Crippen molar-refractivity contribution >= 4 is 21.5 Å². The van der Waals surface area contributed by atoms with E-state index in [4.69, 9.17) is 15.0 Å². The molecule has 0 aliphatic heterocycles. The zero-order chi connectivity index (χ0) is 46.5. The highest BCUT2D eigenvalue weighted by atomic mass is 15.0. The third-order valence-corrected chi connectivity index (χ3v) is 13.7. The van der Waals surface area contributed by atoms with Gasteiger partial charge in [0.15, 0.2) is 17.5 Å². The van der Waals surface area contributed by atoms with Crippen LogP contribution in [0.3, 0.4) is 0 Å². The number of nitrogens with zero attached hydrogens (tertiary/aromatic N) is 4. The van der Waals surface area contributed by atoms with E-state index >= 15 is 0 Å². The molecule has 13 rings (SSSR count). The fourth-order valence-corrected chi connectivity index (χ4v) is 10.3. The Morgan fingerprint density at radius 3 is 1.47 bits per heavy atom. The molecule has 1 aliphatic carbocycles. The molecule has 1 aromatic heterocycles. The van der Waals surface area contributed by atoms with Gasteiger partial charge in [-0.1, -0.05) is 212 Å². The quantitative estimate of drug-likeness (QED) is 0.152. The smallest absolute Gasteiger partial charge is 0.164 e. The monoisotopic (exact) mass is 888 g/mol. The first-order valence-corrected chi connectivity index (χ1v) is 23.6. The molecule has 4 heteroatoms. The molecule has 4 nitrogen and oxygen atoms in total. The maximum absolute atomic E-state index is 10.3. The Balaban J connectivity index is 0.879. The molecule has 0 unspecified atom stereocenters. The highest BCUT2D eigenvalue weighted by molar-refractivity contribution is 6.18. The average molecular weight is 889 g/mol. The van der Waals surface area contributed by atoms with E-state index in [1.54, 1.807) is 0 Å². The maximum Gasteiger partial charge on any atom is 0.164 e.